The SMILES string of the molecule is Cn1cc(NC(=O)CNC(=O)N2CCN(c3ccc(Cl)cc3)CC2)cn1. The molecule has 8 nitrogen and oxygen atoms in total. The van der Waals surface area contributed by atoms with E-state index in [9.17, 15) is 9.59 Å². The van der Waals surface area contributed by atoms with Crippen LogP contribution >= 0.6 is 11.6 Å². The van der Waals surface area contributed by atoms with Crippen molar-refractivity contribution in [2.24, 2.45) is 7.05 Å². The predicted octanol–water partition coefficient (Wildman–Crippen LogP) is 1.54. The minimum atomic E-state index is -0.286. The van der Waals surface area contributed by atoms with E-state index in [0.29, 0.717) is 23.8 Å². The number of hydrogen-bond donors (Lipinski definition) is 2. The van der Waals surface area contributed by atoms with E-state index in [2.05, 4.69) is 20.6 Å². The first kappa shape index (κ1) is 18.1. The third-order valence-corrected chi connectivity index (χ3v) is 4.40. The lowest BCUT2D eigenvalue weighted by atomic mass is 10.2. The smallest absolute Gasteiger partial charge is 0.317 e. The van der Waals surface area contributed by atoms with Crippen LogP contribution in [0.5, 0.6) is 0 Å². The van der Waals surface area contributed by atoms with Crippen molar-refractivity contribution >= 4 is 34.9 Å². The van der Waals surface area contributed by atoms with Gasteiger partial charge in [0.2, 0.25) is 5.91 Å². The lowest BCUT2D eigenvalue weighted by molar-refractivity contribution is -0.115. The number of aromatic nitrogens is 2. The van der Waals surface area contributed by atoms with Gasteiger partial charge in [0.05, 0.1) is 18.4 Å². The number of benzene rings is 1. The highest BCUT2D eigenvalue weighted by Crippen LogP contribution is 2.19. The molecular formula is C17H21ClN6O2. The largest absolute Gasteiger partial charge is 0.368 e. The topological polar surface area (TPSA) is 82.5 Å². The molecule has 1 aromatic heterocycles. The minimum absolute atomic E-state index is 0.0782. The summed E-state index contributed by atoms with van der Waals surface area (Å²) in [6, 6.07) is 7.43. The van der Waals surface area contributed by atoms with Crippen LogP contribution in [0.1, 0.15) is 0 Å². The lowest BCUT2D eigenvalue weighted by Gasteiger charge is -2.36. The monoisotopic (exact) mass is 376 g/mol. The fraction of sp³-hybridized carbons (Fsp3) is 0.353. The van der Waals surface area contributed by atoms with Gasteiger partial charge in [-0.25, -0.2) is 4.79 Å². The van der Waals surface area contributed by atoms with Gasteiger partial charge in [0.15, 0.2) is 0 Å². The highest BCUT2D eigenvalue weighted by molar-refractivity contribution is 6.30. The van der Waals surface area contributed by atoms with Crippen LogP contribution < -0.4 is 15.5 Å². The molecule has 0 saturated carbocycles. The van der Waals surface area contributed by atoms with Crippen LogP contribution in [0.3, 0.4) is 0 Å². The fourth-order valence-corrected chi connectivity index (χ4v) is 2.90. The van der Waals surface area contributed by atoms with Crippen LogP contribution in [0, 0.1) is 0 Å². The summed E-state index contributed by atoms with van der Waals surface area (Å²) in [4.78, 5) is 28.0. The first-order valence-corrected chi connectivity index (χ1v) is 8.71. The molecule has 1 saturated heterocycles. The number of urea groups is 1. The highest BCUT2D eigenvalue weighted by Gasteiger charge is 2.21. The van der Waals surface area contributed by atoms with Crippen molar-refractivity contribution in [2.45, 2.75) is 0 Å². The molecule has 0 spiro atoms. The summed E-state index contributed by atoms with van der Waals surface area (Å²) in [6.07, 6.45) is 3.24. The molecule has 1 aliphatic rings. The van der Waals surface area contributed by atoms with Crippen LogP contribution in [0.2, 0.25) is 5.02 Å². The second kappa shape index (κ2) is 8.09. The molecule has 1 fully saturated rings. The van der Waals surface area contributed by atoms with Gasteiger partial charge >= 0.3 is 6.03 Å². The maximum atomic E-state index is 12.2. The number of anilines is 2. The normalized spacial score (nSPS) is 14.2. The van der Waals surface area contributed by atoms with Gasteiger partial charge in [-0.2, -0.15) is 5.10 Å². The molecule has 2 heterocycles. The number of rotatable bonds is 4. The fourth-order valence-electron chi connectivity index (χ4n) is 2.78. The average Bonchev–Trinajstić information content (AvgIpc) is 3.05. The zero-order valence-corrected chi connectivity index (χ0v) is 15.2. The number of halogens is 1. The van der Waals surface area contributed by atoms with Gasteiger partial charge in [0.1, 0.15) is 0 Å². The van der Waals surface area contributed by atoms with E-state index >= 15 is 0 Å². The Morgan fingerprint density at radius 2 is 1.85 bits per heavy atom. The van der Waals surface area contributed by atoms with Crippen LogP contribution in [0.25, 0.3) is 0 Å². The molecular weight excluding hydrogens is 356 g/mol. The molecule has 26 heavy (non-hydrogen) atoms. The van der Waals surface area contributed by atoms with Crippen molar-refractivity contribution in [3.05, 3.63) is 41.7 Å². The summed E-state index contributed by atoms with van der Waals surface area (Å²) >= 11 is 5.91. The lowest BCUT2D eigenvalue weighted by Crippen LogP contribution is -2.52. The Bertz CT molecular complexity index is 768. The Morgan fingerprint density at radius 1 is 1.15 bits per heavy atom. The van der Waals surface area contributed by atoms with Crippen LogP contribution in [0.15, 0.2) is 36.7 Å². The van der Waals surface area contributed by atoms with E-state index in [-0.39, 0.29) is 18.5 Å². The molecule has 0 unspecified atom stereocenters. The molecule has 3 amide bonds. The number of carbonyl (C=O) groups is 2. The Labute approximate surface area is 156 Å². The summed E-state index contributed by atoms with van der Waals surface area (Å²) in [6.45, 7) is 2.58. The molecule has 138 valence electrons. The Hall–Kier alpha value is -2.74. The zero-order chi connectivity index (χ0) is 18.5. The van der Waals surface area contributed by atoms with Crippen molar-refractivity contribution in [1.29, 1.82) is 0 Å². The van der Waals surface area contributed by atoms with Gasteiger partial charge in [-0.15, -0.1) is 0 Å². The molecule has 0 aliphatic carbocycles. The third-order valence-electron chi connectivity index (χ3n) is 4.15. The molecule has 9 heteroatoms. The third kappa shape index (κ3) is 4.66. The number of nitrogens with zero attached hydrogens (tertiary/aromatic N) is 4. The minimum Gasteiger partial charge on any atom is -0.368 e. The number of aryl methyl sites for hydroxylation is 1. The molecule has 0 radical (unpaired) electrons. The van der Waals surface area contributed by atoms with E-state index in [1.54, 1.807) is 29.0 Å². The molecule has 0 atom stereocenters. The molecule has 0 bridgehead atoms. The quantitative estimate of drug-likeness (QED) is 0.848. The first-order valence-electron chi connectivity index (χ1n) is 8.33. The van der Waals surface area contributed by atoms with E-state index < -0.39 is 0 Å². The molecule has 2 aromatic rings. The maximum Gasteiger partial charge on any atom is 0.317 e. The van der Waals surface area contributed by atoms with Gasteiger partial charge in [0, 0.05) is 50.1 Å². The number of carbonyl (C=O) groups excluding carboxylic acids is 2. The maximum absolute atomic E-state index is 12.2. The van der Waals surface area contributed by atoms with Crippen molar-refractivity contribution in [3.63, 3.8) is 0 Å². The summed E-state index contributed by atoms with van der Waals surface area (Å²) in [7, 11) is 1.76. The van der Waals surface area contributed by atoms with Crippen LogP contribution in [-0.4, -0.2) is 59.3 Å². The standard InChI is InChI=1S/C17H21ClN6O2/c1-22-12-14(10-20-22)21-16(25)11-19-17(26)24-8-6-23(7-9-24)15-4-2-13(18)3-5-15/h2-5,10,12H,6-9,11H2,1H3,(H,19,26)(H,21,25). The average molecular weight is 377 g/mol. The van der Waals surface area contributed by atoms with Crippen LogP contribution in [0.4, 0.5) is 16.2 Å². The Balaban J connectivity index is 1.42. The number of hydrogen-bond acceptors (Lipinski definition) is 4. The van der Waals surface area contributed by atoms with Gasteiger partial charge < -0.3 is 20.4 Å². The summed E-state index contributed by atoms with van der Waals surface area (Å²) in [5.41, 5.74) is 1.69. The second-order valence-electron chi connectivity index (χ2n) is 6.06. The van der Waals surface area contributed by atoms with E-state index in [0.717, 1.165) is 18.8 Å². The highest BCUT2D eigenvalue weighted by atomic mass is 35.5. The van der Waals surface area contributed by atoms with Gasteiger partial charge in [-0.1, -0.05) is 11.6 Å². The van der Waals surface area contributed by atoms with Crippen molar-refractivity contribution in [2.75, 3.05) is 42.9 Å². The van der Waals surface area contributed by atoms with E-state index in [4.69, 9.17) is 11.6 Å². The van der Waals surface area contributed by atoms with Gasteiger partial charge in [-0.3, -0.25) is 9.48 Å². The van der Waals surface area contributed by atoms with Gasteiger partial charge in [-0.05, 0) is 24.3 Å². The van der Waals surface area contributed by atoms with Gasteiger partial charge in [0.25, 0.3) is 0 Å². The van der Waals surface area contributed by atoms with E-state index in [1.165, 1.54) is 0 Å². The Kier molecular flexibility index (Phi) is 5.62. The molecule has 1 aromatic carbocycles. The molecule has 2 N–H and O–H groups in total. The first-order chi connectivity index (χ1) is 12.5. The molecule has 1 aliphatic heterocycles. The predicted molar refractivity (Wildman–Crippen MR) is 100 cm³/mol. The van der Waals surface area contributed by atoms with Crippen molar-refractivity contribution in [1.82, 2.24) is 20.0 Å². The summed E-state index contributed by atoms with van der Waals surface area (Å²) < 4.78 is 1.59. The number of nitrogens with one attached hydrogen (secondary N) is 2. The second-order valence-corrected chi connectivity index (χ2v) is 6.50. The zero-order valence-electron chi connectivity index (χ0n) is 14.5. The van der Waals surface area contributed by atoms with Crippen LogP contribution in [-0.2, 0) is 11.8 Å². The van der Waals surface area contributed by atoms with Crippen molar-refractivity contribution < 1.29 is 9.59 Å². The molecule has 3 rings (SSSR count). The number of amides is 3. The van der Waals surface area contributed by atoms with E-state index in [1.807, 2.05) is 24.3 Å². The summed E-state index contributed by atoms with van der Waals surface area (Å²) in [5.74, 6) is -0.286. The van der Waals surface area contributed by atoms with Crippen molar-refractivity contribution in [3.8, 4) is 0 Å². The summed E-state index contributed by atoms with van der Waals surface area (Å²) in [5, 5.41) is 10.0. The number of piperazine rings is 1. The Morgan fingerprint density at radius 3 is 2.46 bits per heavy atom.